The Bertz CT molecular complexity index is 1240. The van der Waals surface area contributed by atoms with Gasteiger partial charge in [-0.05, 0) is 43.0 Å². The summed E-state index contributed by atoms with van der Waals surface area (Å²) in [6, 6.07) is 28.5. The summed E-state index contributed by atoms with van der Waals surface area (Å²) in [5.74, 6) is 0. The standard InChI is InChI=1S/C21H18N.C7H9.2ClH.Ti/c1-2-8-16-14-17(13-15(16)7-1)22-20-11-5-3-9-18(20)19-10-4-6-12-21(19)22;1-6-4-3-5-7(6)2;;;/h1-3,5,7-9,11,13-14H,4,6,10,12H2;3-5H,1-2H3;2*1H;/q2*-1;;;+4/p-2. The summed E-state index contributed by atoms with van der Waals surface area (Å²) >= 11 is 0. The molecule has 0 amide bonds. The zero-order valence-electron chi connectivity index (χ0n) is 18.5. The van der Waals surface area contributed by atoms with Crippen LogP contribution in [0.25, 0.3) is 27.4 Å². The van der Waals surface area contributed by atoms with Crippen LogP contribution in [0.1, 0.15) is 35.2 Å². The van der Waals surface area contributed by atoms with Crippen molar-refractivity contribution in [2.45, 2.75) is 39.5 Å². The van der Waals surface area contributed by atoms with Gasteiger partial charge in [0.05, 0.1) is 5.52 Å². The molecule has 5 aromatic rings. The zero-order chi connectivity index (χ0) is 19.8. The Morgan fingerprint density at radius 3 is 2.28 bits per heavy atom. The summed E-state index contributed by atoms with van der Waals surface area (Å²) in [7, 11) is 0. The van der Waals surface area contributed by atoms with E-state index in [4.69, 9.17) is 0 Å². The first kappa shape index (κ1) is 26.5. The van der Waals surface area contributed by atoms with Crippen LogP contribution < -0.4 is 24.8 Å². The summed E-state index contributed by atoms with van der Waals surface area (Å²) in [6.45, 7) is 4.24. The van der Waals surface area contributed by atoms with Gasteiger partial charge in [0.25, 0.3) is 0 Å². The summed E-state index contributed by atoms with van der Waals surface area (Å²) < 4.78 is 2.50. The predicted molar refractivity (Wildman–Crippen MR) is 125 cm³/mol. The van der Waals surface area contributed by atoms with Crippen molar-refractivity contribution < 1.29 is 46.5 Å². The van der Waals surface area contributed by atoms with E-state index in [0.717, 1.165) is 0 Å². The van der Waals surface area contributed by atoms with Crippen molar-refractivity contribution >= 4 is 21.7 Å². The molecule has 0 fully saturated rings. The van der Waals surface area contributed by atoms with Crippen LogP contribution in [0.4, 0.5) is 0 Å². The van der Waals surface area contributed by atoms with E-state index in [0.29, 0.717) is 0 Å². The third-order valence-corrected chi connectivity index (χ3v) is 6.35. The second-order valence-corrected chi connectivity index (χ2v) is 8.22. The van der Waals surface area contributed by atoms with Crippen molar-refractivity contribution in [3.8, 4) is 5.69 Å². The van der Waals surface area contributed by atoms with Crippen molar-refractivity contribution in [3.05, 3.63) is 101 Å². The topological polar surface area (TPSA) is 4.93 Å². The number of aromatic nitrogens is 1. The second kappa shape index (κ2) is 11.4. The van der Waals surface area contributed by atoms with Gasteiger partial charge in [0.1, 0.15) is 0 Å². The maximum absolute atomic E-state index is 2.50. The quantitative estimate of drug-likeness (QED) is 0.245. The molecule has 4 heteroatoms. The van der Waals surface area contributed by atoms with E-state index < -0.39 is 0 Å². The molecule has 1 nitrogen and oxygen atoms in total. The Balaban J connectivity index is 0.000000317. The summed E-state index contributed by atoms with van der Waals surface area (Å²) in [6.07, 6.45) is 5.06. The summed E-state index contributed by atoms with van der Waals surface area (Å²) in [4.78, 5) is 0. The second-order valence-electron chi connectivity index (χ2n) is 8.22. The Labute approximate surface area is 218 Å². The van der Waals surface area contributed by atoms with E-state index in [1.54, 1.807) is 5.56 Å². The number of halogens is 2. The first-order valence-electron chi connectivity index (χ1n) is 10.7. The Kier molecular flexibility index (Phi) is 9.43. The van der Waals surface area contributed by atoms with E-state index in [2.05, 4.69) is 97.3 Å². The molecular formula is C28H27Cl2NTi. The van der Waals surface area contributed by atoms with E-state index >= 15 is 0 Å². The van der Waals surface area contributed by atoms with Gasteiger partial charge in [0.15, 0.2) is 0 Å². The third kappa shape index (κ3) is 4.92. The number of benzene rings is 2. The van der Waals surface area contributed by atoms with Crippen LogP contribution in [0.2, 0.25) is 0 Å². The van der Waals surface area contributed by atoms with Gasteiger partial charge in [-0.25, -0.2) is 12.1 Å². The van der Waals surface area contributed by atoms with Gasteiger partial charge >= 0.3 is 21.7 Å². The molecule has 0 aliphatic heterocycles. The van der Waals surface area contributed by atoms with Crippen LogP contribution in [0, 0.1) is 13.8 Å². The van der Waals surface area contributed by atoms with E-state index in [9.17, 15) is 0 Å². The van der Waals surface area contributed by atoms with Crippen LogP contribution in [-0.4, -0.2) is 4.57 Å². The predicted octanol–water partition coefficient (Wildman–Crippen LogP) is 1.41. The fourth-order valence-corrected chi connectivity index (χ4v) is 4.65. The van der Waals surface area contributed by atoms with Gasteiger partial charge in [0, 0.05) is 11.1 Å². The molecule has 0 unspecified atom stereocenters. The number of rotatable bonds is 1. The monoisotopic (exact) mass is 495 g/mol. The van der Waals surface area contributed by atoms with Gasteiger partial charge in [-0.2, -0.15) is 17.2 Å². The minimum absolute atomic E-state index is 0. The fraction of sp³-hybridized carbons (Fsp3) is 0.214. The molecule has 1 heterocycles. The number of hydrogen-bond donors (Lipinski definition) is 0. The zero-order valence-corrected chi connectivity index (χ0v) is 21.6. The molecule has 0 spiro atoms. The first-order chi connectivity index (χ1) is 14.2. The largest absolute Gasteiger partial charge is 4.00 e. The molecule has 6 rings (SSSR count). The van der Waals surface area contributed by atoms with Crippen LogP contribution in [-0.2, 0) is 34.6 Å². The maximum atomic E-state index is 2.50. The molecule has 4 aromatic carbocycles. The van der Waals surface area contributed by atoms with Crippen LogP contribution >= 0.6 is 0 Å². The molecule has 0 N–H and O–H groups in total. The molecule has 0 radical (unpaired) electrons. The molecule has 0 bridgehead atoms. The number of aryl methyl sites for hydroxylation is 3. The fourth-order valence-electron chi connectivity index (χ4n) is 4.65. The molecule has 0 atom stereocenters. The molecular weight excluding hydrogens is 469 g/mol. The summed E-state index contributed by atoms with van der Waals surface area (Å²) in [5, 5.41) is 4.11. The van der Waals surface area contributed by atoms with E-state index in [-0.39, 0.29) is 46.5 Å². The SMILES string of the molecule is Cc1ccc[c-]1C.[Cl-].[Cl-].[Ti+4].c1ccc2[cH-]c(-n3c4c(c5ccccc53)CCCC4)cc2c1. The minimum Gasteiger partial charge on any atom is -1.00 e. The average molecular weight is 496 g/mol. The number of hydrogen-bond acceptors (Lipinski definition) is 0. The van der Waals surface area contributed by atoms with Crippen molar-refractivity contribution in [3.63, 3.8) is 0 Å². The number of nitrogens with zero attached hydrogens (tertiary/aromatic N) is 1. The van der Waals surface area contributed by atoms with Gasteiger partial charge in [-0.3, -0.25) is 0 Å². The first-order valence-corrected chi connectivity index (χ1v) is 10.7. The van der Waals surface area contributed by atoms with Crippen molar-refractivity contribution in [1.82, 2.24) is 4.57 Å². The van der Waals surface area contributed by atoms with Gasteiger partial charge in [-0.1, -0.05) is 38.1 Å². The molecule has 1 aliphatic carbocycles. The Hall–Kier alpha value is -1.77. The van der Waals surface area contributed by atoms with Crippen LogP contribution in [0.3, 0.4) is 0 Å². The number of para-hydroxylation sites is 1. The van der Waals surface area contributed by atoms with Crippen LogP contribution in [0.5, 0.6) is 0 Å². The normalized spacial score (nSPS) is 12.1. The molecule has 0 saturated carbocycles. The smallest absolute Gasteiger partial charge is 1.00 e. The molecule has 1 aliphatic rings. The van der Waals surface area contributed by atoms with Crippen molar-refractivity contribution in [2.75, 3.05) is 0 Å². The molecule has 1 aromatic heterocycles. The average Bonchev–Trinajstić information content (AvgIpc) is 3.43. The van der Waals surface area contributed by atoms with E-state index in [1.165, 1.54) is 69.9 Å². The molecule has 32 heavy (non-hydrogen) atoms. The number of fused-ring (bicyclic) bond motifs is 4. The molecule has 162 valence electrons. The van der Waals surface area contributed by atoms with Crippen LogP contribution in [0.15, 0.2) is 78.9 Å². The maximum Gasteiger partial charge on any atom is 4.00 e. The minimum atomic E-state index is 0. The van der Waals surface area contributed by atoms with Crippen molar-refractivity contribution in [1.29, 1.82) is 0 Å². The summed E-state index contributed by atoms with van der Waals surface area (Å²) in [5.41, 5.74) is 8.57. The van der Waals surface area contributed by atoms with E-state index in [1.807, 2.05) is 0 Å². The van der Waals surface area contributed by atoms with Crippen molar-refractivity contribution in [2.24, 2.45) is 0 Å². The Morgan fingerprint density at radius 1 is 0.875 bits per heavy atom. The van der Waals surface area contributed by atoms with Gasteiger partial charge in [-0.15, -0.1) is 41.1 Å². The van der Waals surface area contributed by atoms with Gasteiger partial charge < -0.3 is 29.4 Å². The third-order valence-electron chi connectivity index (χ3n) is 6.35. The van der Waals surface area contributed by atoms with Gasteiger partial charge in [0.2, 0.25) is 0 Å². The Morgan fingerprint density at radius 2 is 1.59 bits per heavy atom. The molecule has 0 saturated heterocycles.